The highest BCUT2D eigenvalue weighted by Gasteiger charge is 2.60. The molecule has 3 rings (SSSR count). The normalized spacial score (nSPS) is 29.9. The zero-order valence-corrected chi connectivity index (χ0v) is 12.3. The summed E-state index contributed by atoms with van der Waals surface area (Å²) in [4.78, 5) is 17.1. The molecule has 2 saturated carbocycles. The standard InChI is InChI=1S/C15H27N3O/c1-3-17(2)10-11-18-13(12-6-4-5-7-12)16-15(8-9-15)14(18)19/h12-13,16H,3-11H2,1-2H3. The van der Waals surface area contributed by atoms with Crippen LogP contribution in [-0.4, -0.2) is 54.1 Å². The molecule has 4 heteroatoms. The van der Waals surface area contributed by atoms with Crippen LogP contribution < -0.4 is 5.32 Å². The monoisotopic (exact) mass is 265 g/mol. The van der Waals surface area contributed by atoms with Gasteiger partial charge in [-0.15, -0.1) is 0 Å². The lowest BCUT2D eigenvalue weighted by molar-refractivity contribution is -0.131. The number of nitrogens with zero attached hydrogens (tertiary/aromatic N) is 2. The lowest BCUT2D eigenvalue weighted by Crippen LogP contribution is -2.45. The first-order chi connectivity index (χ1) is 9.16. The van der Waals surface area contributed by atoms with Gasteiger partial charge in [0.15, 0.2) is 0 Å². The highest BCUT2D eigenvalue weighted by atomic mass is 16.2. The van der Waals surface area contributed by atoms with Crippen LogP contribution in [0.4, 0.5) is 0 Å². The van der Waals surface area contributed by atoms with Gasteiger partial charge in [0.1, 0.15) is 0 Å². The van der Waals surface area contributed by atoms with Gasteiger partial charge in [0.25, 0.3) is 0 Å². The maximum absolute atomic E-state index is 12.6. The minimum absolute atomic E-state index is 0.141. The third kappa shape index (κ3) is 2.40. The van der Waals surface area contributed by atoms with Crippen molar-refractivity contribution < 1.29 is 4.79 Å². The Morgan fingerprint density at radius 1 is 1.37 bits per heavy atom. The Balaban J connectivity index is 1.67. The molecule has 1 atom stereocenters. The van der Waals surface area contributed by atoms with Crippen LogP contribution in [0.5, 0.6) is 0 Å². The van der Waals surface area contributed by atoms with E-state index in [2.05, 4.69) is 29.1 Å². The Hall–Kier alpha value is -0.610. The summed E-state index contributed by atoms with van der Waals surface area (Å²) in [5, 5.41) is 3.68. The quantitative estimate of drug-likeness (QED) is 0.816. The Morgan fingerprint density at radius 3 is 2.63 bits per heavy atom. The van der Waals surface area contributed by atoms with Crippen molar-refractivity contribution in [3.63, 3.8) is 0 Å². The van der Waals surface area contributed by atoms with Crippen molar-refractivity contribution in [3.05, 3.63) is 0 Å². The molecule has 1 amide bonds. The molecule has 2 aliphatic carbocycles. The number of amides is 1. The molecule has 0 aromatic heterocycles. The van der Waals surface area contributed by atoms with E-state index in [0.717, 1.165) is 32.5 Å². The summed E-state index contributed by atoms with van der Waals surface area (Å²) in [5.74, 6) is 1.07. The fourth-order valence-corrected chi connectivity index (χ4v) is 3.63. The second kappa shape index (κ2) is 5.06. The molecule has 1 saturated heterocycles. The van der Waals surface area contributed by atoms with Gasteiger partial charge in [0, 0.05) is 13.1 Å². The summed E-state index contributed by atoms with van der Waals surface area (Å²) >= 11 is 0. The predicted molar refractivity (Wildman–Crippen MR) is 75.7 cm³/mol. The van der Waals surface area contributed by atoms with Crippen molar-refractivity contribution in [2.24, 2.45) is 5.92 Å². The average molecular weight is 265 g/mol. The summed E-state index contributed by atoms with van der Waals surface area (Å²) < 4.78 is 0. The van der Waals surface area contributed by atoms with Gasteiger partial charge in [0.2, 0.25) is 5.91 Å². The van der Waals surface area contributed by atoms with Gasteiger partial charge in [-0.25, -0.2) is 0 Å². The third-order valence-corrected chi connectivity index (χ3v) is 5.29. The number of rotatable bonds is 5. The maximum Gasteiger partial charge on any atom is 0.244 e. The van der Waals surface area contributed by atoms with Crippen LogP contribution in [0.3, 0.4) is 0 Å². The number of hydrogen-bond acceptors (Lipinski definition) is 3. The highest BCUT2D eigenvalue weighted by molar-refractivity contribution is 5.91. The number of hydrogen-bond donors (Lipinski definition) is 1. The Kier molecular flexibility index (Phi) is 3.56. The SMILES string of the molecule is CCN(C)CCN1C(=O)C2(CC2)NC1C1CCCC1. The molecule has 4 nitrogen and oxygen atoms in total. The zero-order valence-electron chi connectivity index (χ0n) is 12.3. The third-order valence-electron chi connectivity index (χ3n) is 5.29. The summed E-state index contributed by atoms with van der Waals surface area (Å²) in [6.45, 7) is 5.10. The molecule has 0 aromatic rings. The van der Waals surface area contributed by atoms with E-state index in [1.54, 1.807) is 0 Å². The highest BCUT2D eigenvalue weighted by Crippen LogP contribution is 2.45. The van der Waals surface area contributed by atoms with Gasteiger partial charge in [0.05, 0.1) is 11.7 Å². The van der Waals surface area contributed by atoms with Crippen LogP contribution in [0.2, 0.25) is 0 Å². The molecule has 0 aromatic carbocycles. The Bertz CT molecular complexity index is 347. The second-order valence-electron chi connectivity index (χ2n) is 6.61. The van der Waals surface area contributed by atoms with Crippen molar-refractivity contribution >= 4 is 5.91 Å². The van der Waals surface area contributed by atoms with Gasteiger partial charge in [-0.05, 0) is 45.2 Å². The summed E-state index contributed by atoms with van der Waals surface area (Å²) in [5.41, 5.74) is -0.141. The predicted octanol–water partition coefficient (Wildman–Crippen LogP) is 1.42. The lowest BCUT2D eigenvalue weighted by Gasteiger charge is -2.30. The van der Waals surface area contributed by atoms with E-state index in [-0.39, 0.29) is 5.54 Å². The smallest absolute Gasteiger partial charge is 0.244 e. The van der Waals surface area contributed by atoms with E-state index in [1.165, 1.54) is 25.7 Å². The average Bonchev–Trinajstić information content (AvgIpc) is 2.89. The number of carbonyl (C=O) groups excluding carboxylic acids is 1. The van der Waals surface area contributed by atoms with Gasteiger partial charge in [-0.1, -0.05) is 19.8 Å². The number of likely N-dealkylation sites (N-methyl/N-ethyl adjacent to an activating group) is 1. The van der Waals surface area contributed by atoms with Crippen LogP contribution in [0, 0.1) is 5.92 Å². The molecule has 1 N–H and O–H groups in total. The molecule has 1 heterocycles. The van der Waals surface area contributed by atoms with Crippen molar-refractivity contribution in [1.29, 1.82) is 0 Å². The molecular weight excluding hydrogens is 238 g/mol. The molecular formula is C15H27N3O. The fraction of sp³-hybridized carbons (Fsp3) is 0.933. The first-order valence-corrected chi connectivity index (χ1v) is 7.93. The molecule has 0 radical (unpaired) electrons. The van der Waals surface area contributed by atoms with E-state index < -0.39 is 0 Å². The second-order valence-corrected chi connectivity index (χ2v) is 6.61. The Morgan fingerprint density at radius 2 is 2.05 bits per heavy atom. The van der Waals surface area contributed by atoms with Crippen molar-refractivity contribution in [2.45, 2.75) is 57.2 Å². The summed E-state index contributed by atoms with van der Waals surface area (Å²) in [6.07, 6.45) is 7.69. The lowest BCUT2D eigenvalue weighted by atomic mass is 10.0. The molecule has 1 spiro atoms. The molecule has 3 aliphatic rings. The van der Waals surface area contributed by atoms with Crippen LogP contribution in [0.15, 0.2) is 0 Å². The number of carbonyl (C=O) groups is 1. The van der Waals surface area contributed by atoms with Crippen LogP contribution in [0.1, 0.15) is 45.4 Å². The van der Waals surface area contributed by atoms with Gasteiger partial charge in [-0.3, -0.25) is 10.1 Å². The van der Waals surface area contributed by atoms with E-state index in [9.17, 15) is 4.79 Å². The summed E-state index contributed by atoms with van der Waals surface area (Å²) in [6, 6.07) is 0. The van der Waals surface area contributed by atoms with Crippen molar-refractivity contribution in [2.75, 3.05) is 26.7 Å². The summed E-state index contributed by atoms with van der Waals surface area (Å²) in [7, 11) is 2.13. The molecule has 0 bridgehead atoms. The molecule has 108 valence electrons. The maximum atomic E-state index is 12.6. The fourth-order valence-electron chi connectivity index (χ4n) is 3.63. The van der Waals surface area contributed by atoms with E-state index in [4.69, 9.17) is 0 Å². The Labute approximate surface area is 116 Å². The van der Waals surface area contributed by atoms with Gasteiger partial charge in [-0.2, -0.15) is 0 Å². The van der Waals surface area contributed by atoms with Crippen LogP contribution in [0.25, 0.3) is 0 Å². The topological polar surface area (TPSA) is 35.6 Å². The molecule has 1 aliphatic heterocycles. The molecule has 1 unspecified atom stereocenters. The van der Waals surface area contributed by atoms with E-state index in [0.29, 0.717) is 18.0 Å². The largest absolute Gasteiger partial charge is 0.324 e. The molecule has 19 heavy (non-hydrogen) atoms. The van der Waals surface area contributed by atoms with Gasteiger partial charge >= 0.3 is 0 Å². The van der Waals surface area contributed by atoms with Crippen LogP contribution >= 0.6 is 0 Å². The number of nitrogens with one attached hydrogen (secondary N) is 1. The minimum atomic E-state index is -0.141. The van der Waals surface area contributed by atoms with E-state index >= 15 is 0 Å². The van der Waals surface area contributed by atoms with Gasteiger partial charge < -0.3 is 9.80 Å². The van der Waals surface area contributed by atoms with Crippen molar-refractivity contribution in [3.8, 4) is 0 Å². The zero-order chi connectivity index (χ0) is 13.5. The first-order valence-electron chi connectivity index (χ1n) is 7.93. The van der Waals surface area contributed by atoms with Crippen molar-refractivity contribution in [1.82, 2.24) is 15.1 Å². The minimum Gasteiger partial charge on any atom is -0.324 e. The van der Waals surface area contributed by atoms with Crippen LogP contribution in [-0.2, 0) is 4.79 Å². The molecule has 3 fully saturated rings. The van der Waals surface area contributed by atoms with E-state index in [1.807, 2.05) is 0 Å². The first kappa shape index (κ1) is 13.4.